The molecule has 0 aliphatic carbocycles. The summed E-state index contributed by atoms with van der Waals surface area (Å²) in [7, 11) is -3.36. The zero-order chi connectivity index (χ0) is 11.3. The van der Waals surface area contributed by atoms with Gasteiger partial charge in [0.25, 0.3) is 0 Å². The highest BCUT2D eigenvalue weighted by Crippen LogP contribution is 2.08. The summed E-state index contributed by atoms with van der Waals surface area (Å²) in [5.74, 6) is 0.191. The standard InChI is InChI=1S/C7H11BrN4O2S/c8-6-4-11-7(5-10-6)12-15(13,14)3-1-2-9/h4-5H,1-3,9H2,(H,11,12). The maximum Gasteiger partial charge on any atom is 0.233 e. The second-order valence-electron chi connectivity index (χ2n) is 2.79. The van der Waals surface area contributed by atoms with Crippen molar-refractivity contribution in [3.05, 3.63) is 17.0 Å². The fourth-order valence-electron chi connectivity index (χ4n) is 0.849. The third kappa shape index (κ3) is 4.54. The third-order valence-electron chi connectivity index (χ3n) is 1.50. The lowest BCUT2D eigenvalue weighted by atomic mass is 10.5. The van der Waals surface area contributed by atoms with Crippen molar-refractivity contribution in [3.8, 4) is 0 Å². The van der Waals surface area contributed by atoms with Crippen LogP contribution in [0.2, 0.25) is 0 Å². The van der Waals surface area contributed by atoms with Gasteiger partial charge in [-0.15, -0.1) is 0 Å². The molecule has 1 rings (SSSR count). The second-order valence-corrected chi connectivity index (χ2v) is 5.44. The van der Waals surface area contributed by atoms with Crippen molar-refractivity contribution < 1.29 is 8.42 Å². The van der Waals surface area contributed by atoms with Crippen molar-refractivity contribution >= 4 is 31.8 Å². The maximum atomic E-state index is 11.4. The smallest absolute Gasteiger partial charge is 0.233 e. The van der Waals surface area contributed by atoms with Crippen LogP contribution in [0.5, 0.6) is 0 Å². The maximum absolute atomic E-state index is 11.4. The summed E-state index contributed by atoms with van der Waals surface area (Å²) in [6.07, 6.45) is 3.17. The highest BCUT2D eigenvalue weighted by molar-refractivity contribution is 9.10. The van der Waals surface area contributed by atoms with Crippen molar-refractivity contribution in [2.24, 2.45) is 5.73 Å². The summed E-state index contributed by atoms with van der Waals surface area (Å²) in [5, 5.41) is 0. The van der Waals surface area contributed by atoms with Crippen LogP contribution in [-0.2, 0) is 10.0 Å². The van der Waals surface area contributed by atoms with E-state index in [1.54, 1.807) is 0 Å². The molecule has 0 saturated carbocycles. The van der Waals surface area contributed by atoms with Crippen molar-refractivity contribution in [1.82, 2.24) is 9.97 Å². The first-order chi connectivity index (χ1) is 7.03. The molecular formula is C7H11BrN4O2S. The van der Waals surface area contributed by atoms with Crippen LogP contribution < -0.4 is 10.5 Å². The molecule has 6 nitrogen and oxygen atoms in total. The SMILES string of the molecule is NCCCS(=O)(=O)Nc1cnc(Br)cn1. The van der Waals surface area contributed by atoms with Crippen molar-refractivity contribution in [3.63, 3.8) is 0 Å². The number of aromatic nitrogens is 2. The van der Waals surface area contributed by atoms with E-state index in [0.717, 1.165) is 0 Å². The normalized spacial score (nSPS) is 11.3. The van der Waals surface area contributed by atoms with E-state index in [-0.39, 0.29) is 11.6 Å². The van der Waals surface area contributed by atoms with Crippen LogP contribution in [0.25, 0.3) is 0 Å². The number of rotatable bonds is 5. The van der Waals surface area contributed by atoms with Gasteiger partial charge in [0.15, 0.2) is 5.82 Å². The molecule has 1 heterocycles. The zero-order valence-electron chi connectivity index (χ0n) is 7.85. The van der Waals surface area contributed by atoms with Crippen LogP contribution in [0.15, 0.2) is 17.0 Å². The number of hydrogen-bond acceptors (Lipinski definition) is 5. The molecule has 0 spiro atoms. The quantitative estimate of drug-likeness (QED) is 0.815. The summed E-state index contributed by atoms with van der Waals surface area (Å²) in [4.78, 5) is 7.69. The topological polar surface area (TPSA) is 98.0 Å². The molecule has 0 radical (unpaired) electrons. The van der Waals surface area contributed by atoms with Crippen LogP contribution in [0.4, 0.5) is 5.82 Å². The Morgan fingerprint density at radius 3 is 2.67 bits per heavy atom. The largest absolute Gasteiger partial charge is 0.330 e. The van der Waals surface area contributed by atoms with Crippen molar-refractivity contribution in [2.75, 3.05) is 17.0 Å². The van der Waals surface area contributed by atoms with Gasteiger partial charge < -0.3 is 5.73 Å². The highest BCUT2D eigenvalue weighted by atomic mass is 79.9. The van der Waals surface area contributed by atoms with E-state index < -0.39 is 10.0 Å². The number of anilines is 1. The molecule has 84 valence electrons. The van der Waals surface area contributed by atoms with Crippen LogP contribution in [0.1, 0.15) is 6.42 Å². The first kappa shape index (κ1) is 12.3. The molecule has 0 aromatic carbocycles. The second kappa shape index (κ2) is 5.38. The Labute approximate surface area is 96.5 Å². The molecule has 3 N–H and O–H groups in total. The van der Waals surface area contributed by atoms with Crippen molar-refractivity contribution in [1.29, 1.82) is 0 Å². The van der Waals surface area contributed by atoms with E-state index in [1.165, 1.54) is 12.4 Å². The van der Waals surface area contributed by atoms with Crippen LogP contribution in [-0.4, -0.2) is 30.7 Å². The zero-order valence-corrected chi connectivity index (χ0v) is 10.3. The van der Waals surface area contributed by atoms with Gasteiger partial charge in [-0.05, 0) is 28.9 Å². The lowest BCUT2D eigenvalue weighted by Gasteiger charge is -2.05. The first-order valence-corrected chi connectivity index (χ1v) is 6.66. The molecule has 0 fully saturated rings. The summed E-state index contributed by atoms with van der Waals surface area (Å²) < 4.78 is 25.6. The molecule has 0 atom stereocenters. The Morgan fingerprint density at radius 1 is 1.40 bits per heavy atom. The molecule has 0 amide bonds. The average Bonchev–Trinajstić information content (AvgIpc) is 2.18. The summed E-state index contributed by atoms with van der Waals surface area (Å²) in [6.45, 7) is 0.340. The lowest BCUT2D eigenvalue weighted by Crippen LogP contribution is -2.19. The monoisotopic (exact) mass is 294 g/mol. The minimum absolute atomic E-state index is 0.0127. The minimum Gasteiger partial charge on any atom is -0.330 e. The molecule has 0 aliphatic rings. The Balaban J connectivity index is 2.65. The van der Waals surface area contributed by atoms with Crippen LogP contribution in [0.3, 0.4) is 0 Å². The lowest BCUT2D eigenvalue weighted by molar-refractivity contribution is 0.598. The molecule has 15 heavy (non-hydrogen) atoms. The van der Waals surface area contributed by atoms with E-state index in [4.69, 9.17) is 5.73 Å². The van der Waals surface area contributed by atoms with Crippen LogP contribution in [0, 0.1) is 0 Å². The number of halogens is 1. The molecule has 0 saturated heterocycles. The van der Waals surface area contributed by atoms with Gasteiger partial charge in [0.05, 0.1) is 18.1 Å². The fraction of sp³-hybridized carbons (Fsp3) is 0.429. The Morgan fingerprint density at radius 2 is 2.13 bits per heavy atom. The van der Waals surface area contributed by atoms with Gasteiger partial charge in [-0.1, -0.05) is 0 Å². The van der Waals surface area contributed by atoms with Gasteiger partial charge >= 0.3 is 0 Å². The Hall–Kier alpha value is -0.730. The molecule has 8 heteroatoms. The summed E-state index contributed by atoms with van der Waals surface area (Å²) in [6, 6.07) is 0. The Kier molecular flexibility index (Phi) is 4.43. The summed E-state index contributed by atoms with van der Waals surface area (Å²) >= 11 is 3.10. The van der Waals surface area contributed by atoms with Gasteiger partial charge in [0, 0.05) is 0 Å². The molecule has 0 aliphatic heterocycles. The Bertz CT molecular complexity index is 406. The minimum atomic E-state index is -3.36. The molecule has 0 bridgehead atoms. The van der Waals surface area contributed by atoms with E-state index in [0.29, 0.717) is 17.6 Å². The number of nitrogens with one attached hydrogen (secondary N) is 1. The molecular weight excluding hydrogens is 284 g/mol. The highest BCUT2D eigenvalue weighted by Gasteiger charge is 2.10. The van der Waals surface area contributed by atoms with Gasteiger partial charge in [-0.2, -0.15) is 0 Å². The fourth-order valence-corrected chi connectivity index (χ4v) is 2.13. The predicted molar refractivity (Wildman–Crippen MR) is 60.8 cm³/mol. The number of nitrogens with two attached hydrogens (primary N) is 1. The molecule has 1 aromatic heterocycles. The van der Waals surface area contributed by atoms with Gasteiger partial charge in [0.2, 0.25) is 10.0 Å². The van der Waals surface area contributed by atoms with Gasteiger partial charge in [-0.25, -0.2) is 18.4 Å². The van der Waals surface area contributed by atoms with Crippen molar-refractivity contribution in [2.45, 2.75) is 6.42 Å². The average molecular weight is 295 g/mol. The number of hydrogen-bond donors (Lipinski definition) is 2. The molecule has 0 unspecified atom stereocenters. The van der Waals surface area contributed by atoms with Gasteiger partial charge in [-0.3, -0.25) is 4.72 Å². The molecule has 1 aromatic rings. The van der Waals surface area contributed by atoms with E-state index in [9.17, 15) is 8.42 Å². The van der Waals surface area contributed by atoms with E-state index in [1.807, 2.05) is 0 Å². The third-order valence-corrected chi connectivity index (χ3v) is 3.25. The first-order valence-electron chi connectivity index (χ1n) is 4.21. The number of nitrogens with zero attached hydrogens (tertiary/aromatic N) is 2. The van der Waals surface area contributed by atoms with Crippen LogP contribution >= 0.6 is 15.9 Å². The predicted octanol–water partition coefficient (Wildman–Crippen LogP) is 0.330. The number of sulfonamides is 1. The summed E-state index contributed by atoms with van der Waals surface area (Å²) in [5.41, 5.74) is 5.22. The van der Waals surface area contributed by atoms with E-state index >= 15 is 0 Å². The van der Waals surface area contributed by atoms with E-state index in [2.05, 4.69) is 30.6 Å². The van der Waals surface area contributed by atoms with Gasteiger partial charge in [0.1, 0.15) is 4.60 Å².